The van der Waals surface area contributed by atoms with E-state index in [1.807, 2.05) is 30.7 Å². The predicted octanol–water partition coefficient (Wildman–Crippen LogP) is 3.48. The maximum atomic E-state index is 10.6. The first-order valence-corrected chi connectivity index (χ1v) is 13.0. The van der Waals surface area contributed by atoms with Crippen LogP contribution >= 0.6 is 0 Å². The SMILES string of the molecule is O=C(O)C(F)(F)F.O=C(O)C(F)(F)F.O=C(O)C(F)(F)F.c1ccc(CN2CCOC3(COCCN(Cc4ccncc4)C3)C2)nc1. The molecule has 2 saturated heterocycles. The van der Waals surface area contributed by atoms with Gasteiger partial charge in [-0.2, -0.15) is 39.5 Å². The van der Waals surface area contributed by atoms with Gasteiger partial charge in [-0.05, 0) is 29.8 Å². The Labute approximate surface area is 260 Å². The zero-order valence-corrected chi connectivity index (χ0v) is 24.1. The topological polar surface area (TPSA) is 163 Å². The van der Waals surface area contributed by atoms with E-state index in [9.17, 15) is 39.5 Å². The summed E-state index contributed by atoms with van der Waals surface area (Å²) in [5.41, 5.74) is 2.11. The summed E-state index contributed by atoms with van der Waals surface area (Å²) in [6, 6.07) is 10.2. The van der Waals surface area contributed by atoms with E-state index in [1.165, 1.54) is 5.56 Å². The standard InChI is InChI=1S/C20H26N4O2.3C2HF3O2/c1-2-6-22-19(3-1)14-24-10-12-26-20(16-24)15-23(9-11-25-17-20)13-18-4-7-21-8-5-18;3*3-2(4,5)1(6)7/h1-8H,9-17H2;3*(H,6,7). The highest BCUT2D eigenvalue weighted by atomic mass is 19.4. The number of carboxylic acids is 3. The second-order valence-corrected chi connectivity index (χ2v) is 9.59. The minimum Gasteiger partial charge on any atom is -0.475 e. The average molecular weight is 697 g/mol. The molecular weight excluding hydrogens is 667 g/mol. The fourth-order valence-electron chi connectivity index (χ4n) is 3.83. The summed E-state index contributed by atoms with van der Waals surface area (Å²) in [6.45, 7) is 7.50. The summed E-state index contributed by atoms with van der Waals surface area (Å²) >= 11 is 0. The fraction of sp³-hybridized carbons (Fsp3) is 0.500. The Balaban J connectivity index is 0.000000430. The molecule has 4 heterocycles. The molecule has 4 rings (SSSR count). The van der Waals surface area contributed by atoms with Gasteiger partial charge in [0.2, 0.25) is 0 Å². The van der Waals surface area contributed by atoms with Crippen LogP contribution < -0.4 is 0 Å². The number of pyridine rings is 2. The van der Waals surface area contributed by atoms with E-state index in [-0.39, 0.29) is 5.60 Å². The average Bonchev–Trinajstić information content (AvgIpc) is 3.15. The van der Waals surface area contributed by atoms with E-state index in [0.29, 0.717) is 6.61 Å². The largest absolute Gasteiger partial charge is 0.490 e. The Morgan fingerprint density at radius 3 is 1.64 bits per heavy atom. The highest BCUT2D eigenvalue weighted by Crippen LogP contribution is 2.24. The molecule has 47 heavy (non-hydrogen) atoms. The van der Waals surface area contributed by atoms with E-state index in [4.69, 9.17) is 39.2 Å². The number of morpholine rings is 1. The number of hydrogen-bond donors (Lipinski definition) is 3. The van der Waals surface area contributed by atoms with Gasteiger partial charge < -0.3 is 24.8 Å². The van der Waals surface area contributed by atoms with Crippen molar-refractivity contribution in [1.82, 2.24) is 19.8 Å². The number of hydrogen-bond acceptors (Lipinski definition) is 9. The number of carboxylic acid groups (broad SMARTS) is 3. The van der Waals surface area contributed by atoms with Crippen LogP contribution in [0.15, 0.2) is 48.9 Å². The van der Waals surface area contributed by atoms with Gasteiger partial charge >= 0.3 is 36.4 Å². The molecule has 264 valence electrons. The van der Waals surface area contributed by atoms with Crippen LogP contribution in [0.3, 0.4) is 0 Å². The summed E-state index contributed by atoms with van der Waals surface area (Å²) < 4.78 is 107. The van der Waals surface area contributed by atoms with Crippen LogP contribution in [-0.4, -0.2) is 123 Å². The van der Waals surface area contributed by atoms with Crippen molar-refractivity contribution in [3.63, 3.8) is 0 Å². The van der Waals surface area contributed by atoms with Crippen molar-refractivity contribution in [3.05, 3.63) is 60.2 Å². The zero-order valence-electron chi connectivity index (χ0n) is 24.1. The lowest BCUT2D eigenvalue weighted by Gasteiger charge is -2.43. The Morgan fingerprint density at radius 2 is 1.19 bits per heavy atom. The van der Waals surface area contributed by atoms with E-state index in [2.05, 4.69) is 38.0 Å². The number of carbonyl (C=O) groups is 3. The first-order chi connectivity index (χ1) is 21.6. The van der Waals surface area contributed by atoms with Crippen LogP contribution in [0, 0.1) is 0 Å². The fourth-order valence-corrected chi connectivity index (χ4v) is 3.83. The van der Waals surface area contributed by atoms with Crippen LogP contribution in [-0.2, 0) is 36.9 Å². The zero-order chi connectivity index (χ0) is 35.9. The van der Waals surface area contributed by atoms with Crippen molar-refractivity contribution >= 4 is 17.9 Å². The van der Waals surface area contributed by atoms with E-state index >= 15 is 0 Å². The third-order valence-electron chi connectivity index (χ3n) is 5.75. The second-order valence-electron chi connectivity index (χ2n) is 9.59. The summed E-state index contributed by atoms with van der Waals surface area (Å²) in [4.78, 5) is 40.1. The quantitative estimate of drug-likeness (QED) is 0.400. The predicted molar refractivity (Wildman–Crippen MR) is 140 cm³/mol. The summed E-state index contributed by atoms with van der Waals surface area (Å²) in [7, 11) is 0. The molecule has 2 fully saturated rings. The monoisotopic (exact) mass is 696 g/mol. The Bertz CT molecular complexity index is 1200. The minimum atomic E-state index is -5.08. The molecule has 2 aliphatic rings. The van der Waals surface area contributed by atoms with Gasteiger partial charge in [0.05, 0.1) is 25.5 Å². The van der Waals surface area contributed by atoms with Crippen molar-refractivity contribution < 1.29 is 78.7 Å². The van der Waals surface area contributed by atoms with Crippen LogP contribution in [0.5, 0.6) is 0 Å². The molecule has 0 aromatic carbocycles. The number of aliphatic carboxylic acids is 3. The van der Waals surface area contributed by atoms with Gasteiger partial charge in [-0.1, -0.05) is 6.07 Å². The summed E-state index contributed by atoms with van der Waals surface area (Å²) in [6.07, 6.45) is -9.69. The minimum absolute atomic E-state index is 0.267. The van der Waals surface area contributed by atoms with Crippen molar-refractivity contribution in [3.8, 4) is 0 Å². The van der Waals surface area contributed by atoms with Crippen LogP contribution in [0.1, 0.15) is 11.3 Å². The lowest BCUT2D eigenvalue weighted by atomic mass is 10.0. The Morgan fingerprint density at radius 1 is 0.723 bits per heavy atom. The molecule has 3 N–H and O–H groups in total. The van der Waals surface area contributed by atoms with Crippen LogP contribution in [0.4, 0.5) is 39.5 Å². The molecule has 0 saturated carbocycles. The van der Waals surface area contributed by atoms with Crippen LogP contribution in [0.2, 0.25) is 0 Å². The number of nitrogens with zero attached hydrogens (tertiary/aromatic N) is 4. The molecule has 1 unspecified atom stereocenters. The highest BCUT2D eigenvalue weighted by molar-refractivity contribution is 5.73. The van der Waals surface area contributed by atoms with E-state index in [1.54, 1.807) is 0 Å². The molecule has 2 aromatic heterocycles. The van der Waals surface area contributed by atoms with E-state index < -0.39 is 36.4 Å². The lowest BCUT2D eigenvalue weighted by molar-refractivity contribution is -0.193. The molecule has 0 radical (unpaired) electrons. The normalized spacial score (nSPS) is 19.0. The Hall–Kier alpha value is -4.08. The molecule has 1 spiro atoms. The van der Waals surface area contributed by atoms with Crippen molar-refractivity contribution in [1.29, 1.82) is 0 Å². The molecule has 0 bridgehead atoms. The molecule has 2 aliphatic heterocycles. The van der Waals surface area contributed by atoms with Crippen molar-refractivity contribution in [2.75, 3.05) is 46.0 Å². The first-order valence-electron chi connectivity index (χ1n) is 13.0. The molecule has 2 aromatic rings. The molecule has 0 aliphatic carbocycles. The van der Waals surface area contributed by atoms with Gasteiger partial charge in [0.15, 0.2) is 0 Å². The Kier molecular flexibility index (Phi) is 15.9. The van der Waals surface area contributed by atoms with Gasteiger partial charge in [0.25, 0.3) is 0 Å². The molecule has 12 nitrogen and oxygen atoms in total. The van der Waals surface area contributed by atoms with Crippen molar-refractivity contribution in [2.24, 2.45) is 0 Å². The molecule has 1 atom stereocenters. The smallest absolute Gasteiger partial charge is 0.475 e. The third kappa shape index (κ3) is 16.9. The maximum absolute atomic E-state index is 10.6. The van der Waals surface area contributed by atoms with Gasteiger partial charge in [-0.3, -0.25) is 19.8 Å². The number of halogens is 9. The van der Waals surface area contributed by atoms with E-state index in [0.717, 1.165) is 58.2 Å². The van der Waals surface area contributed by atoms with Gasteiger partial charge in [0, 0.05) is 57.9 Å². The number of alkyl halides is 9. The molecule has 0 amide bonds. The lowest BCUT2D eigenvalue weighted by Crippen LogP contribution is -2.58. The van der Waals surface area contributed by atoms with Gasteiger partial charge in [-0.15, -0.1) is 0 Å². The number of ether oxygens (including phenoxy) is 2. The molecular formula is C26H29F9N4O8. The first kappa shape index (κ1) is 40.9. The molecule has 21 heteroatoms. The maximum Gasteiger partial charge on any atom is 0.490 e. The summed E-state index contributed by atoms with van der Waals surface area (Å²) in [5, 5.41) is 21.4. The number of rotatable bonds is 4. The van der Waals surface area contributed by atoms with Gasteiger partial charge in [-0.25, -0.2) is 14.4 Å². The highest BCUT2D eigenvalue weighted by Gasteiger charge is 2.41. The summed E-state index contributed by atoms with van der Waals surface area (Å²) in [5.74, 6) is -8.27. The number of aromatic nitrogens is 2. The second kappa shape index (κ2) is 18.3. The van der Waals surface area contributed by atoms with Crippen molar-refractivity contribution in [2.45, 2.75) is 37.2 Å². The third-order valence-corrected chi connectivity index (χ3v) is 5.75. The van der Waals surface area contributed by atoms with Gasteiger partial charge in [0.1, 0.15) is 5.60 Å². The van der Waals surface area contributed by atoms with Crippen LogP contribution in [0.25, 0.3) is 0 Å².